The maximum atomic E-state index is 12.6. The lowest BCUT2D eigenvalue weighted by atomic mass is 10.1. The molecule has 0 bridgehead atoms. The molecule has 0 fully saturated rings. The second-order valence-electron chi connectivity index (χ2n) is 7.88. The zero-order chi connectivity index (χ0) is 24.1. The van der Waals surface area contributed by atoms with E-state index in [1.54, 1.807) is 12.2 Å². The predicted molar refractivity (Wildman–Crippen MR) is 131 cm³/mol. The number of carbonyl (C=O) groups excluding carboxylic acids is 2. The molecule has 172 valence electrons. The molecule has 0 radical (unpaired) electrons. The number of hydrogen-bond acceptors (Lipinski definition) is 4. The van der Waals surface area contributed by atoms with Crippen LogP contribution in [0.2, 0.25) is 5.02 Å². The third kappa shape index (κ3) is 5.52. The maximum Gasteiger partial charge on any atom is 0.331 e. The summed E-state index contributed by atoms with van der Waals surface area (Å²) < 4.78 is 9.04. The van der Waals surface area contributed by atoms with Crippen molar-refractivity contribution in [2.75, 3.05) is 6.61 Å². The van der Waals surface area contributed by atoms with E-state index in [2.05, 4.69) is 11.7 Å². The quantitative estimate of drug-likeness (QED) is 0.187. The number of ketones is 1. The van der Waals surface area contributed by atoms with Crippen LogP contribution in [0.3, 0.4) is 0 Å². The minimum Gasteiger partial charge on any atom is -0.454 e. The van der Waals surface area contributed by atoms with Crippen molar-refractivity contribution in [3.63, 3.8) is 0 Å². The molecule has 33 heavy (non-hydrogen) atoms. The molecule has 0 aliphatic rings. The van der Waals surface area contributed by atoms with Gasteiger partial charge in [0.25, 0.3) is 0 Å². The number of aromatic nitrogens is 3. The number of carbonyl (C=O) groups is 2. The van der Waals surface area contributed by atoms with Crippen molar-refractivity contribution in [1.82, 2.24) is 14.3 Å². The van der Waals surface area contributed by atoms with Crippen molar-refractivity contribution in [1.29, 1.82) is 0 Å². The highest BCUT2D eigenvalue weighted by molar-refractivity contribution is 6.31. The molecule has 3 aromatic rings. The molecular weight excluding hydrogens is 438 g/mol. The van der Waals surface area contributed by atoms with Crippen molar-refractivity contribution >= 4 is 29.4 Å². The standard InChI is InChI=1S/C26H28ClN3O3/c1-6-13-29-17(2)14-23(19(29)4)25(31)16-33-26(32)12-11-22-18(3)28-30(20(22)5)15-21-9-7-8-10-24(21)27/h6-12,14H,1,13,15-16H2,2-5H3/b12-11+. The van der Waals surface area contributed by atoms with E-state index in [1.807, 2.05) is 67.3 Å². The Morgan fingerprint density at radius 2 is 1.88 bits per heavy atom. The zero-order valence-corrected chi connectivity index (χ0v) is 20.1. The van der Waals surface area contributed by atoms with E-state index in [0.717, 1.165) is 33.9 Å². The van der Waals surface area contributed by atoms with Crippen molar-refractivity contribution in [3.05, 3.63) is 93.6 Å². The Morgan fingerprint density at radius 3 is 2.58 bits per heavy atom. The maximum absolute atomic E-state index is 12.6. The smallest absolute Gasteiger partial charge is 0.331 e. The van der Waals surface area contributed by atoms with Gasteiger partial charge in [0.15, 0.2) is 6.61 Å². The first-order valence-corrected chi connectivity index (χ1v) is 11.0. The minimum absolute atomic E-state index is 0.236. The highest BCUT2D eigenvalue weighted by Gasteiger charge is 2.17. The summed E-state index contributed by atoms with van der Waals surface area (Å²) in [4.78, 5) is 24.8. The number of halogens is 1. The molecule has 0 spiro atoms. The van der Waals surface area contributed by atoms with E-state index in [0.29, 0.717) is 23.7 Å². The second kappa shape index (κ2) is 10.5. The molecular formula is C26H28ClN3O3. The van der Waals surface area contributed by atoms with Crippen LogP contribution < -0.4 is 0 Å². The summed E-state index contributed by atoms with van der Waals surface area (Å²) in [5.41, 5.74) is 5.84. The Kier molecular flexibility index (Phi) is 7.71. The first-order chi connectivity index (χ1) is 15.7. The van der Waals surface area contributed by atoms with Crippen LogP contribution in [-0.4, -0.2) is 32.7 Å². The Bertz CT molecular complexity index is 1230. The molecule has 0 saturated heterocycles. The van der Waals surface area contributed by atoms with E-state index in [-0.39, 0.29) is 12.4 Å². The number of rotatable bonds is 9. The van der Waals surface area contributed by atoms with Gasteiger partial charge in [0.05, 0.1) is 12.2 Å². The summed E-state index contributed by atoms with van der Waals surface area (Å²) in [6, 6.07) is 9.43. The van der Waals surface area contributed by atoms with Crippen molar-refractivity contribution < 1.29 is 14.3 Å². The summed E-state index contributed by atoms with van der Waals surface area (Å²) in [5.74, 6) is -0.819. The molecule has 6 nitrogen and oxygen atoms in total. The average Bonchev–Trinajstić information content (AvgIpc) is 3.21. The van der Waals surface area contributed by atoms with Crippen molar-refractivity contribution in [2.24, 2.45) is 0 Å². The first kappa shape index (κ1) is 24.3. The molecule has 0 aliphatic carbocycles. The molecule has 0 aliphatic heterocycles. The minimum atomic E-state index is -0.582. The van der Waals surface area contributed by atoms with Crippen LogP contribution in [0.1, 0.15) is 44.3 Å². The number of aryl methyl sites for hydroxylation is 2. The van der Waals surface area contributed by atoms with Gasteiger partial charge in [0.2, 0.25) is 5.78 Å². The van der Waals surface area contributed by atoms with Crippen LogP contribution >= 0.6 is 11.6 Å². The van der Waals surface area contributed by atoms with Crippen LogP contribution in [0, 0.1) is 27.7 Å². The number of ether oxygens (including phenoxy) is 1. The van der Waals surface area contributed by atoms with Crippen LogP contribution in [-0.2, 0) is 22.6 Å². The van der Waals surface area contributed by atoms with E-state index in [9.17, 15) is 9.59 Å². The fourth-order valence-corrected chi connectivity index (χ4v) is 4.00. The Labute approximate surface area is 199 Å². The Balaban J connectivity index is 1.65. The molecule has 0 unspecified atom stereocenters. The molecule has 3 rings (SSSR count). The van der Waals surface area contributed by atoms with Gasteiger partial charge in [0.1, 0.15) is 0 Å². The number of Topliss-reactive ketones (excluding diaryl/α,β-unsaturated/α-hetero) is 1. The van der Waals surface area contributed by atoms with E-state index in [1.165, 1.54) is 6.08 Å². The second-order valence-corrected chi connectivity index (χ2v) is 8.29. The van der Waals surface area contributed by atoms with E-state index < -0.39 is 5.97 Å². The van der Waals surface area contributed by atoms with E-state index >= 15 is 0 Å². The summed E-state index contributed by atoms with van der Waals surface area (Å²) in [7, 11) is 0. The highest BCUT2D eigenvalue weighted by Crippen LogP contribution is 2.20. The van der Waals surface area contributed by atoms with Crippen molar-refractivity contribution in [2.45, 2.75) is 40.8 Å². The molecule has 1 aromatic carbocycles. The molecule has 2 heterocycles. The number of hydrogen-bond donors (Lipinski definition) is 0. The van der Waals surface area contributed by atoms with E-state index in [4.69, 9.17) is 16.3 Å². The number of esters is 1. The number of allylic oxidation sites excluding steroid dienone is 1. The van der Waals surface area contributed by atoms with Gasteiger partial charge in [-0.1, -0.05) is 35.9 Å². The van der Waals surface area contributed by atoms with Crippen LogP contribution in [0.4, 0.5) is 0 Å². The molecule has 2 aromatic heterocycles. The summed E-state index contributed by atoms with van der Waals surface area (Å²) >= 11 is 6.27. The fourth-order valence-electron chi connectivity index (χ4n) is 3.80. The van der Waals surface area contributed by atoms with Crippen LogP contribution in [0.5, 0.6) is 0 Å². The molecule has 7 heteroatoms. The van der Waals surface area contributed by atoms with Crippen LogP contribution in [0.25, 0.3) is 6.08 Å². The lowest BCUT2D eigenvalue weighted by Gasteiger charge is -2.07. The fraction of sp³-hybridized carbons (Fsp3) is 0.269. The lowest BCUT2D eigenvalue weighted by molar-refractivity contribution is -0.136. The van der Waals surface area contributed by atoms with Gasteiger partial charge in [0, 0.05) is 45.9 Å². The van der Waals surface area contributed by atoms with Gasteiger partial charge < -0.3 is 9.30 Å². The normalized spacial score (nSPS) is 11.2. The van der Waals surface area contributed by atoms with Gasteiger partial charge in [-0.25, -0.2) is 4.79 Å². The molecule has 0 saturated carbocycles. The van der Waals surface area contributed by atoms with Crippen molar-refractivity contribution in [3.8, 4) is 0 Å². The average molecular weight is 466 g/mol. The summed E-state index contributed by atoms with van der Waals surface area (Å²) in [6.07, 6.45) is 4.77. The third-order valence-corrected chi connectivity index (χ3v) is 6.00. The third-order valence-electron chi connectivity index (χ3n) is 5.63. The SMILES string of the molecule is C=CCn1c(C)cc(C(=O)COC(=O)/C=C/c2c(C)nn(Cc3ccccc3Cl)c2C)c1C. The number of benzene rings is 1. The Hall–Kier alpha value is -3.38. The van der Waals surface area contributed by atoms with Gasteiger partial charge in [-0.05, 0) is 51.5 Å². The largest absolute Gasteiger partial charge is 0.454 e. The first-order valence-electron chi connectivity index (χ1n) is 10.7. The topological polar surface area (TPSA) is 66.1 Å². The highest BCUT2D eigenvalue weighted by atomic mass is 35.5. The zero-order valence-electron chi connectivity index (χ0n) is 19.4. The lowest BCUT2D eigenvalue weighted by Crippen LogP contribution is -2.13. The predicted octanol–water partition coefficient (Wildman–Crippen LogP) is 5.25. The molecule has 0 N–H and O–H groups in total. The monoisotopic (exact) mass is 465 g/mol. The summed E-state index contributed by atoms with van der Waals surface area (Å²) in [5, 5.41) is 5.25. The molecule has 0 atom stereocenters. The van der Waals surface area contributed by atoms with Gasteiger partial charge in [-0.15, -0.1) is 6.58 Å². The van der Waals surface area contributed by atoms with Gasteiger partial charge in [-0.2, -0.15) is 5.10 Å². The van der Waals surface area contributed by atoms with Gasteiger partial charge >= 0.3 is 5.97 Å². The number of nitrogens with zero attached hydrogens (tertiary/aromatic N) is 3. The Morgan fingerprint density at radius 1 is 1.15 bits per heavy atom. The summed E-state index contributed by atoms with van der Waals surface area (Å²) in [6.45, 7) is 12.2. The van der Waals surface area contributed by atoms with Gasteiger partial charge in [-0.3, -0.25) is 9.48 Å². The van der Waals surface area contributed by atoms with Crippen LogP contribution in [0.15, 0.2) is 49.1 Å². The molecule has 0 amide bonds.